The summed E-state index contributed by atoms with van der Waals surface area (Å²) in [6.45, 7) is 0.120. The molecule has 74 valence electrons. The number of nitrogens with zero attached hydrogens (tertiary/aromatic N) is 1. The third-order valence-electron chi connectivity index (χ3n) is 1.58. The molecular formula is C10H10ClNO2. The fourth-order valence-electron chi connectivity index (χ4n) is 0.888. The predicted molar refractivity (Wildman–Crippen MR) is 53.2 cm³/mol. The second-order valence-electron chi connectivity index (χ2n) is 2.78. The van der Waals surface area contributed by atoms with Gasteiger partial charge in [0.2, 0.25) is 0 Å². The SMILES string of the molecule is N#CC[C@@H](O)COc1ccc(Cl)cc1. The smallest absolute Gasteiger partial charge is 0.119 e. The van der Waals surface area contributed by atoms with Gasteiger partial charge >= 0.3 is 0 Å². The van der Waals surface area contributed by atoms with Crippen molar-refractivity contribution in [3.63, 3.8) is 0 Å². The van der Waals surface area contributed by atoms with Crippen molar-refractivity contribution < 1.29 is 9.84 Å². The minimum absolute atomic E-state index is 0.0770. The van der Waals surface area contributed by atoms with Crippen LogP contribution in [0.3, 0.4) is 0 Å². The van der Waals surface area contributed by atoms with E-state index >= 15 is 0 Å². The van der Waals surface area contributed by atoms with E-state index in [2.05, 4.69) is 0 Å². The van der Waals surface area contributed by atoms with E-state index in [0.29, 0.717) is 10.8 Å². The van der Waals surface area contributed by atoms with Crippen LogP contribution in [0.4, 0.5) is 0 Å². The van der Waals surface area contributed by atoms with Crippen molar-refractivity contribution in [2.24, 2.45) is 0 Å². The predicted octanol–water partition coefficient (Wildman–Crippen LogP) is 1.99. The molecule has 1 atom stereocenters. The number of ether oxygens (including phenoxy) is 1. The second-order valence-corrected chi connectivity index (χ2v) is 3.22. The summed E-state index contributed by atoms with van der Waals surface area (Å²) < 4.78 is 5.22. The molecule has 0 radical (unpaired) electrons. The lowest BCUT2D eigenvalue weighted by molar-refractivity contribution is 0.111. The molecule has 4 heteroatoms. The molecule has 3 nitrogen and oxygen atoms in total. The Balaban J connectivity index is 2.39. The molecule has 0 saturated heterocycles. The molecule has 0 saturated carbocycles. The first kappa shape index (κ1) is 10.8. The second kappa shape index (κ2) is 5.48. The van der Waals surface area contributed by atoms with Crippen molar-refractivity contribution in [3.8, 4) is 11.8 Å². The Morgan fingerprint density at radius 1 is 1.43 bits per heavy atom. The van der Waals surface area contributed by atoms with E-state index in [4.69, 9.17) is 21.6 Å². The van der Waals surface area contributed by atoms with E-state index in [1.807, 2.05) is 6.07 Å². The van der Waals surface area contributed by atoms with Gasteiger partial charge in [0.15, 0.2) is 0 Å². The molecule has 0 aromatic heterocycles. The number of nitriles is 1. The van der Waals surface area contributed by atoms with Crippen molar-refractivity contribution >= 4 is 11.6 Å². The highest BCUT2D eigenvalue weighted by atomic mass is 35.5. The Hall–Kier alpha value is -1.24. The first-order chi connectivity index (χ1) is 6.72. The number of hydrogen-bond donors (Lipinski definition) is 1. The van der Waals surface area contributed by atoms with Crippen molar-refractivity contribution in [1.29, 1.82) is 5.26 Å². The van der Waals surface area contributed by atoms with Crippen LogP contribution in [0.5, 0.6) is 5.75 Å². The highest BCUT2D eigenvalue weighted by Crippen LogP contribution is 2.15. The van der Waals surface area contributed by atoms with Crippen LogP contribution in [0.2, 0.25) is 5.02 Å². The number of rotatable bonds is 4. The van der Waals surface area contributed by atoms with Gasteiger partial charge in [0.05, 0.1) is 12.5 Å². The van der Waals surface area contributed by atoms with Crippen LogP contribution in [-0.2, 0) is 0 Å². The first-order valence-electron chi connectivity index (χ1n) is 4.16. The summed E-state index contributed by atoms with van der Waals surface area (Å²) in [7, 11) is 0. The average molecular weight is 212 g/mol. The summed E-state index contributed by atoms with van der Waals surface area (Å²) in [5.74, 6) is 0.631. The van der Waals surface area contributed by atoms with Gasteiger partial charge in [-0.15, -0.1) is 0 Å². The van der Waals surface area contributed by atoms with E-state index in [0.717, 1.165) is 0 Å². The van der Waals surface area contributed by atoms with Crippen LogP contribution in [0.25, 0.3) is 0 Å². The standard InChI is InChI=1S/C10H10ClNO2/c11-8-1-3-10(4-2-8)14-7-9(13)5-6-12/h1-4,9,13H,5,7H2/t9-/m1/s1. The number of aliphatic hydroxyl groups excluding tert-OH is 1. The third kappa shape index (κ3) is 3.65. The molecule has 14 heavy (non-hydrogen) atoms. The number of halogens is 1. The van der Waals surface area contributed by atoms with Crippen LogP contribution in [-0.4, -0.2) is 17.8 Å². The molecule has 1 N–H and O–H groups in total. The fourth-order valence-corrected chi connectivity index (χ4v) is 1.01. The number of hydrogen-bond acceptors (Lipinski definition) is 3. The lowest BCUT2D eigenvalue weighted by Crippen LogP contribution is -2.16. The summed E-state index contributed by atoms with van der Waals surface area (Å²) in [5, 5.41) is 18.1. The number of benzene rings is 1. The molecule has 0 unspecified atom stereocenters. The minimum atomic E-state index is -0.740. The highest BCUT2D eigenvalue weighted by Gasteiger charge is 2.03. The Bertz CT molecular complexity index is 318. The lowest BCUT2D eigenvalue weighted by Gasteiger charge is -2.08. The maximum absolute atomic E-state index is 9.19. The van der Waals surface area contributed by atoms with Crippen molar-refractivity contribution in [1.82, 2.24) is 0 Å². The van der Waals surface area contributed by atoms with Gasteiger partial charge in [-0.1, -0.05) is 11.6 Å². The van der Waals surface area contributed by atoms with Crippen LogP contribution < -0.4 is 4.74 Å². The van der Waals surface area contributed by atoms with E-state index in [-0.39, 0.29) is 13.0 Å². The Morgan fingerprint density at radius 3 is 2.64 bits per heavy atom. The third-order valence-corrected chi connectivity index (χ3v) is 1.83. The molecular weight excluding hydrogens is 202 g/mol. The fraction of sp³-hybridized carbons (Fsp3) is 0.300. The van der Waals surface area contributed by atoms with Crippen LogP contribution in [0, 0.1) is 11.3 Å². The van der Waals surface area contributed by atoms with Gasteiger partial charge in [-0.2, -0.15) is 5.26 Å². The Labute approximate surface area is 87.5 Å². The molecule has 0 aliphatic heterocycles. The highest BCUT2D eigenvalue weighted by molar-refractivity contribution is 6.30. The molecule has 0 aliphatic carbocycles. The largest absolute Gasteiger partial charge is 0.491 e. The topological polar surface area (TPSA) is 53.2 Å². The van der Waals surface area contributed by atoms with Gasteiger partial charge in [0.25, 0.3) is 0 Å². The van der Waals surface area contributed by atoms with Crippen LogP contribution in [0.1, 0.15) is 6.42 Å². The van der Waals surface area contributed by atoms with E-state index < -0.39 is 6.10 Å². The summed E-state index contributed by atoms with van der Waals surface area (Å²) in [6.07, 6.45) is -0.663. The number of aliphatic hydroxyl groups is 1. The van der Waals surface area contributed by atoms with E-state index in [9.17, 15) is 5.11 Å². The molecule has 0 fully saturated rings. The zero-order valence-electron chi connectivity index (χ0n) is 7.48. The summed E-state index contributed by atoms with van der Waals surface area (Å²) in [4.78, 5) is 0. The van der Waals surface area contributed by atoms with Crippen molar-refractivity contribution in [3.05, 3.63) is 29.3 Å². The van der Waals surface area contributed by atoms with Gasteiger partial charge in [0.1, 0.15) is 18.5 Å². The molecule has 0 spiro atoms. The molecule has 0 heterocycles. The van der Waals surface area contributed by atoms with Crippen LogP contribution >= 0.6 is 11.6 Å². The van der Waals surface area contributed by atoms with Crippen molar-refractivity contribution in [2.75, 3.05) is 6.61 Å². The van der Waals surface area contributed by atoms with Gasteiger partial charge in [0, 0.05) is 5.02 Å². The molecule has 0 bridgehead atoms. The molecule has 1 rings (SSSR count). The monoisotopic (exact) mass is 211 g/mol. The Kier molecular flexibility index (Phi) is 4.24. The maximum Gasteiger partial charge on any atom is 0.119 e. The van der Waals surface area contributed by atoms with E-state index in [1.165, 1.54) is 0 Å². The van der Waals surface area contributed by atoms with Crippen LogP contribution in [0.15, 0.2) is 24.3 Å². The van der Waals surface area contributed by atoms with Gasteiger partial charge in [-0.05, 0) is 24.3 Å². The zero-order valence-corrected chi connectivity index (χ0v) is 8.24. The normalized spacial score (nSPS) is 11.8. The lowest BCUT2D eigenvalue weighted by atomic mass is 10.3. The average Bonchev–Trinajstić information content (AvgIpc) is 2.17. The zero-order chi connectivity index (χ0) is 10.4. The summed E-state index contributed by atoms with van der Waals surface area (Å²) in [6, 6.07) is 8.69. The van der Waals surface area contributed by atoms with E-state index in [1.54, 1.807) is 24.3 Å². The summed E-state index contributed by atoms with van der Waals surface area (Å²) >= 11 is 5.68. The first-order valence-corrected chi connectivity index (χ1v) is 4.53. The molecule has 1 aromatic rings. The van der Waals surface area contributed by atoms with Crippen molar-refractivity contribution in [2.45, 2.75) is 12.5 Å². The van der Waals surface area contributed by atoms with Gasteiger partial charge in [-0.25, -0.2) is 0 Å². The van der Waals surface area contributed by atoms with Gasteiger partial charge < -0.3 is 9.84 Å². The molecule has 1 aromatic carbocycles. The minimum Gasteiger partial charge on any atom is -0.491 e. The quantitative estimate of drug-likeness (QED) is 0.829. The molecule has 0 aliphatic rings. The Morgan fingerprint density at radius 2 is 2.07 bits per heavy atom. The maximum atomic E-state index is 9.19. The molecule has 0 amide bonds. The van der Waals surface area contributed by atoms with Gasteiger partial charge in [-0.3, -0.25) is 0 Å². The summed E-state index contributed by atoms with van der Waals surface area (Å²) in [5.41, 5.74) is 0.